The molecule has 2 atom stereocenters. The second-order valence-corrected chi connectivity index (χ2v) is 14.5. The molecule has 4 fully saturated rings. The van der Waals surface area contributed by atoms with Gasteiger partial charge >= 0.3 is 11.2 Å². The summed E-state index contributed by atoms with van der Waals surface area (Å²) in [6.45, 7) is -1.77. The molecule has 0 spiro atoms. The van der Waals surface area contributed by atoms with E-state index < -0.39 is 33.4 Å². The smallest absolute Gasteiger partial charge is 0.367 e. The SMILES string of the molecule is O=C1C2CC3CC1CC(C(=O)OCC(F)(F)S(=O)(=O)[O-])(C3)C2.c1ccc([S+](c2ccccc2)c2ccccc2)cc1. The van der Waals surface area contributed by atoms with Gasteiger partial charge < -0.3 is 9.29 Å². The summed E-state index contributed by atoms with van der Waals surface area (Å²) in [5, 5.41) is -4.64. The third kappa shape index (κ3) is 6.24. The summed E-state index contributed by atoms with van der Waals surface area (Å²) < 4.78 is 61.9. The van der Waals surface area contributed by atoms with Crippen molar-refractivity contribution in [1.29, 1.82) is 0 Å². The van der Waals surface area contributed by atoms with Crippen LogP contribution in [0.25, 0.3) is 0 Å². The van der Waals surface area contributed by atoms with Crippen molar-refractivity contribution in [2.24, 2.45) is 23.2 Å². The maximum absolute atomic E-state index is 13.1. The average molecular weight is 601 g/mol. The lowest BCUT2D eigenvalue weighted by Crippen LogP contribution is -2.55. The lowest BCUT2D eigenvalue weighted by Gasteiger charge is -2.53. The Hall–Kier alpha value is -3.08. The number of ether oxygens (including phenoxy) is 1. The van der Waals surface area contributed by atoms with Crippen molar-refractivity contribution in [1.82, 2.24) is 0 Å². The Morgan fingerprint density at radius 1 is 0.829 bits per heavy atom. The number of ketones is 1. The Bertz CT molecular complexity index is 1370. The van der Waals surface area contributed by atoms with Gasteiger partial charge in [-0.05, 0) is 74.4 Å². The van der Waals surface area contributed by atoms with Gasteiger partial charge in [0, 0.05) is 11.8 Å². The van der Waals surface area contributed by atoms with Crippen LogP contribution in [0.1, 0.15) is 32.1 Å². The monoisotopic (exact) mass is 600 g/mol. The van der Waals surface area contributed by atoms with Crippen molar-refractivity contribution in [3.05, 3.63) is 91.0 Å². The molecule has 3 aromatic rings. The number of carbonyl (C=O) groups is 2. The van der Waals surface area contributed by atoms with Crippen molar-refractivity contribution in [3.63, 3.8) is 0 Å². The van der Waals surface area contributed by atoms with Crippen molar-refractivity contribution in [2.45, 2.75) is 52.0 Å². The molecule has 10 heteroatoms. The highest BCUT2D eigenvalue weighted by Crippen LogP contribution is 2.59. The normalized spacial score (nSPS) is 25.0. The third-order valence-corrected chi connectivity index (χ3v) is 11.2. The first-order valence-electron chi connectivity index (χ1n) is 13.4. The fraction of sp³-hybridized carbons (Fsp3) is 0.355. The number of Topliss-reactive ketones (excluding diaryl/α,β-unsaturated/α-hetero) is 1. The maximum atomic E-state index is 13.1. The zero-order chi connectivity index (χ0) is 29.3. The lowest BCUT2D eigenvalue weighted by atomic mass is 9.49. The zero-order valence-electron chi connectivity index (χ0n) is 22.2. The number of hydrogen-bond donors (Lipinski definition) is 0. The Morgan fingerprint density at radius 3 is 1.63 bits per heavy atom. The Labute approximate surface area is 241 Å². The van der Waals surface area contributed by atoms with Gasteiger partial charge in [0.2, 0.25) is 0 Å². The second-order valence-electron chi connectivity index (χ2n) is 10.9. The van der Waals surface area contributed by atoms with E-state index >= 15 is 0 Å². The molecule has 4 saturated carbocycles. The van der Waals surface area contributed by atoms with E-state index in [1.54, 1.807) is 0 Å². The van der Waals surface area contributed by atoms with E-state index in [4.69, 9.17) is 0 Å². The summed E-state index contributed by atoms with van der Waals surface area (Å²) in [6, 6.07) is 32.2. The molecule has 4 aliphatic rings. The van der Waals surface area contributed by atoms with E-state index in [-0.39, 0.29) is 47.3 Å². The van der Waals surface area contributed by atoms with E-state index in [0.29, 0.717) is 6.42 Å². The highest BCUT2D eigenvalue weighted by molar-refractivity contribution is 7.97. The van der Waals surface area contributed by atoms with Crippen molar-refractivity contribution in [3.8, 4) is 0 Å². The first-order chi connectivity index (χ1) is 19.5. The molecule has 0 heterocycles. The van der Waals surface area contributed by atoms with Crippen LogP contribution in [0, 0.1) is 23.2 Å². The maximum Gasteiger partial charge on any atom is 0.367 e. The van der Waals surface area contributed by atoms with Crippen LogP contribution in [-0.4, -0.2) is 36.6 Å². The van der Waals surface area contributed by atoms with Crippen LogP contribution >= 0.6 is 0 Å². The largest absolute Gasteiger partial charge is 0.743 e. The van der Waals surface area contributed by atoms with E-state index in [1.807, 2.05) is 0 Å². The Morgan fingerprint density at radius 2 is 1.24 bits per heavy atom. The summed E-state index contributed by atoms with van der Waals surface area (Å²) in [5.74, 6) is -1.05. The molecular formula is C31H30F2O6S2. The topological polar surface area (TPSA) is 101 Å². The molecular weight excluding hydrogens is 570 g/mol. The van der Waals surface area contributed by atoms with Gasteiger partial charge in [-0.3, -0.25) is 9.59 Å². The first kappa shape index (κ1) is 29.4. The summed E-state index contributed by atoms with van der Waals surface area (Å²) >= 11 is 0. The molecule has 0 radical (unpaired) electrons. The van der Waals surface area contributed by atoms with Gasteiger partial charge in [0.1, 0.15) is 5.78 Å². The molecule has 0 amide bonds. The van der Waals surface area contributed by atoms with Crippen molar-refractivity contribution < 1.29 is 36.1 Å². The standard InChI is InChI=1S/C18H15S.C13H16F2O6S/c1-4-10-16(11-5-1)19(17-12-6-2-7-13-17)18-14-8-3-9-15-18;14-13(15,22(18,19)20)6-21-11(17)12-3-7-1-8(4-12)10(16)9(2-7)5-12/h1-15H;7-9H,1-6H2,(H,18,19,20)/q+1;/p-1. The highest BCUT2D eigenvalue weighted by Gasteiger charge is 2.59. The van der Waals surface area contributed by atoms with E-state index in [1.165, 1.54) is 14.7 Å². The number of halogens is 2. The Balaban J connectivity index is 0.000000166. The predicted molar refractivity (Wildman–Crippen MR) is 148 cm³/mol. The number of esters is 1. The lowest BCUT2D eigenvalue weighted by molar-refractivity contribution is -0.179. The minimum atomic E-state index is -5.88. The molecule has 0 N–H and O–H groups in total. The number of alkyl halides is 2. The van der Waals surface area contributed by atoms with Gasteiger partial charge in [-0.15, -0.1) is 0 Å². The van der Waals surface area contributed by atoms with Crippen molar-refractivity contribution in [2.75, 3.05) is 6.61 Å². The van der Waals surface area contributed by atoms with Crippen LogP contribution in [0.3, 0.4) is 0 Å². The van der Waals surface area contributed by atoms with Gasteiger partial charge in [0.15, 0.2) is 31.4 Å². The van der Waals surface area contributed by atoms with Crippen LogP contribution in [0.2, 0.25) is 0 Å². The van der Waals surface area contributed by atoms with Crippen LogP contribution in [-0.2, 0) is 35.3 Å². The molecule has 7 rings (SSSR count). The molecule has 4 bridgehead atoms. The number of carbonyl (C=O) groups excluding carboxylic acids is 2. The average Bonchev–Trinajstić information content (AvgIpc) is 2.96. The van der Waals surface area contributed by atoms with E-state index in [2.05, 4.69) is 95.7 Å². The van der Waals surface area contributed by atoms with Gasteiger partial charge in [-0.25, -0.2) is 8.42 Å². The number of benzene rings is 3. The number of rotatable bonds is 7. The van der Waals surface area contributed by atoms with E-state index in [0.717, 1.165) is 12.8 Å². The number of hydrogen-bond acceptors (Lipinski definition) is 6. The minimum Gasteiger partial charge on any atom is -0.743 e. The fourth-order valence-corrected chi connectivity index (χ4v) is 8.76. The molecule has 0 aliphatic heterocycles. The quantitative estimate of drug-likeness (QED) is 0.192. The Kier molecular flexibility index (Phi) is 8.36. The molecule has 2 unspecified atom stereocenters. The molecule has 41 heavy (non-hydrogen) atoms. The highest BCUT2D eigenvalue weighted by atomic mass is 32.2. The van der Waals surface area contributed by atoms with Crippen LogP contribution in [0.5, 0.6) is 0 Å². The van der Waals surface area contributed by atoms with Gasteiger partial charge in [-0.2, -0.15) is 8.78 Å². The van der Waals surface area contributed by atoms with Gasteiger partial charge in [-0.1, -0.05) is 54.6 Å². The zero-order valence-corrected chi connectivity index (χ0v) is 23.8. The molecule has 216 valence electrons. The predicted octanol–water partition coefficient (Wildman–Crippen LogP) is 5.85. The molecule has 4 aliphatic carbocycles. The summed E-state index contributed by atoms with van der Waals surface area (Å²) in [7, 11) is -5.89. The molecule has 6 nitrogen and oxygen atoms in total. The minimum absolute atomic E-state index is 0.0146. The van der Waals surface area contributed by atoms with Crippen LogP contribution in [0.4, 0.5) is 8.78 Å². The van der Waals surface area contributed by atoms with Gasteiger partial charge in [0.25, 0.3) is 0 Å². The second kappa shape index (κ2) is 11.7. The van der Waals surface area contributed by atoms with Gasteiger partial charge in [0.05, 0.1) is 16.3 Å². The first-order valence-corrected chi connectivity index (χ1v) is 16.1. The molecule has 3 aromatic carbocycles. The third-order valence-electron chi connectivity index (χ3n) is 8.10. The molecule has 0 saturated heterocycles. The van der Waals surface area contributed by atoms with Crippen LogP contribution in [0.15, 0.2) is 106 Å². The summed E-state index contributed by atoms with van der Waals surface area (Å²) in [5.41, 5.74) is -0.979. The van der Waals surface area contributed by atoms with E-state index in [9.17, 15) is 31.3 Å². The summed E-state index contributed by atoms with van der Waals surface area (Å²) in [6.07, 6.45) is 2.45. The fourth-order valence-electron chi connectivity index (χ4n) is 6.45. The molecule has 0 aromatic heterocycles. The summed E-state index contributed by atoms with van der Waals surface area (Å²) in [4.78, 5) is 28.3. The van der Waals surface area contributed by atoms with Crippen molar-refractivity contribution >= 4 is 32.8 Å². The van der Waals surface area contributed by atoms with Crippen LogP contribution < -0.4 is 0 Å².